The Labute approximate surface area is 93.3 Å². The highest BCUT2D eigenvalue weighted by molar-refractivity contribution is 7.75. The van der Waals surface area contributed by atoms with Crippen LogP contribution in [0.3, 0.4) is 0 Å². The van der Waals surface area contributed by atoms with Crippen LogP contribution in [0.25, 0.3) is 0 Å². The molecule has 0 fully saturated rings. The summed E-state index contributed by atoms with van der Waals surface area (Å²) in [4.78, 5) is 0. The highest BCUT2D eigenvalue weighted by Gasteiger charge is 2.31. The Hall–Kier alpha value is 0.860. The van der Waals surface area contributed by atoms with Crippen molar-refractivity contribution in [3.63, 3.8) is 0 Å². The second-order valence-electron chi connectivity index (χ2n) is 5.85. The van der Waals surface area contributed by atoms with Gasteiger partial charge < -0.3 is 0 Å². The zero-order chi connectivity index (χ0) is 11.5. The molecular weight excluding hydrogens is 206 g/mol. The van der Waals surface area contributed by atoms with Gasteiger partial charge in [-0.3, -0.25) is 0 Å². The molecule has 0 bridgehead atoms. The summed E-state index contributed by atoms with van der Waals surface area (Å²) in [6.45, 7) is 19.5. The fourth-order valence-electron chi connectivity index (χ4n) is 1.57. The summed E-state index contributed by atoms with van der Waals surface area (Å²) in [5, 5.41) is 0. The van der Waals surface area contributed by atoms with Gasteiger partial charge in [0.05, 0.1) is 5.66 Å². The van der Waals surface area contributed by atoms with Gasteiger partial charge in [0.2, 0.25) is 0 Å². The molecule has 0 amide bonds. The lowest BCUT2D eigenvalue weighted by Gasteiger charge is -2.31. The largest absolute Gasteiger partial charge is 0.0975 e. The standard InChI is InChI=1S/C12H29P2/c1-10(2)13(11(3)4)9-12(5)14(6,7)8/h10-12H,9H2,1-8H3/q+1. The summed E-state index contributed by atoms with van der Waals surface area (Å²) in [6, 6.07) is 0. The van der Waals surface area contributed by atoms with E-state index in [0.717, 1.165) is 17.0 Å². The first-order valence-electron chi connectivity index (χ1n) is 5.73. The molecule has 0 saturated heterocycles. The Morgan fingerprint density at radius 2 is 1.21 bits per heavy atom. The third kappa shape index (κ3) is 5.09. The van der Waals surface area contributed by atoms with Crippen LogP contribution in [0.5, 0.6) is 0 Å². The molecule has 14 heavy (non-hydrogen) atoms. The Morgan fingerprint density at radius 3 is 1.43 bits per heavy atom. The monoisotopic (exact) mass is 235 g/mol. The Morgan fingerprint density at radius 1 is 0.857 bits per heavy atom. The van der Waals surface area contributed by atoms with Gasteiger partial charge in [0.1, 0.15) is 0 Å². The van der Waals surface area contributed by atoms with Crippen molar-refractivity contribution >= 4 is 15.2 Å². The van der Waals surface area contributed by atoms with E-state index in [2.05, 4.69) is 54.6 Å². The molecule has 0 aliphatic rings. The average molecular weight is 235 g/mol. The van der Waals surface area contributed by atoms with E-state index in [4.69, 9.17) is 0 Å². The van der Waals surface area contributed by atoms with E-state index in [1.807, 2.05) is 0 Å². The van der Waals surface area contributed by atoms with E-state index in [-0.39, 0.29) is 7.92 Å². The maximum atomic E-state index is 2.48. The van der Waals surface area contributed by atoms with Gasteiger partial charge in [-0.15, -0.1) is 0 Å². The van der Waals surface area contributed by atoms with Crippen molar-refractivity contribution < 1.29 is 0 Å². The van der Waals surface area contributed by atoms with Crippen molar-refractivity contribution in [2.24, 2.45) is 0 Å². The maximum absolute atomic E-state index is 2.48. The minimum Gasteiger partial charge on any atom is -0.0975 e. The van der Waals surface area contributed by atoms with Crippen LogP contribution in [0.2, 0.25) is 0 Å². The molecule has 86 valence electrons. The van der Waals surface area contributed by atoms with Crippen molar-refractivity contribution in [1.82, 2.24) is 0 Å². The molecule has 0 aliphatic heterocycles. The van der Waals surface area contributed by atoms with Crippen molar-refractivity contribution in [2.75, 3.05) is 26.2 Å². The molecule has 0 spiro atoms. The summed E-state index contributed by atoms with van der Waals surface area (Å²) >= 11 is 0. The Bertz CT molecular complexity index is 148. The van der Waals surface area contributed by atoms with Gasteiger partial charge in [-0.25, -0.2) is 0 Å². The predicted octanol–water partition coefficient (Wildman–Crippen LogP) is 4.58. The van der Waals surface area contributed by atoms with Crippen LogP contribution in [0.15, 0.2) is 0 Å². The maximum Gasteiger partial charge on any atom is 0.0700 e. The summed E-state index contributed by atoms with van der Waals surface area (Å²) < 4.78 is 0. The minimum absolute atomic E-state index is 0.245. The lowest BCUT2D eigenvalue weighted by atomic mass is 10.5. The van der Waals surface area contributed by atoms with Crippen LogP contribution in [-0.2, 0) is 0 Å². The summed E-state index contributed by atoms with van der Waals surface area (Å²) in [5.74, 6) is 0. The first kappa shape index (κ1) is 14.9. The topological polar surface area (TPSA) is 0 Å². The zero-order valence-corrected chi connectivity index (χ0v) is 13.1. The van der Waals surface area contributed by atoms with Gasteiger partial charge in [-0.1, -0.05) is 35.6 Å². The molecule has 0 aliphatic carbocycles. The first-order chi connectivity index (χ1) is 6.16. The molecular formula is C12H29P2+. The van der Waals surface area contributed by atoms with Gasteiger partial charge in [0.15, 0.2) is 0 Å². The van der Waals surface area contributed by atoms with Gasteiger partial charge in [-0.2, -0.15) is 0 Å². The average Bonchev–Trinajstić information content (AvgIpc) is 1.96. The molecule has 0 radical (unpaired) electrons. The molecule has 0 nitrogen and oxygen atoms in total. The van der Waals surface area contributed by atoms with Crippen LogP contribution >= 0.6 is 15.2 Å². The van der Waals surface area contributed by atoms with Crippen molar-refractivity contribution in [1.29, 1.82) is 0 Å². The minimum atomic E-state index is -0.624. The van der Waals surface area contributed by atoms with E-state index in [0.29, 0.717) is 0 Å². The molecule has 0 aromatic heterocycles. The second kappa shape index (κ2) is 5.81. The fourth-order valence-corrected chi connectivity index (χ4v) is 6.74. The Balaban J connectivity index is 4.31. The Kier molecular flexibility index (Phi) is 6.17. The van der Waals surface area contributed by atoms with Gasteiger partial charge in [0, 0.05) is 33.4 Å². The highest BCUT2D eigenvalue weighted by Crippen LogP contribution is 2.58. The molecule has 1 atom stereocenters. The van der Waals surface area contributed by atoms with Crippen molar-refractivity contribution in [2.45, 2.75) is 51.6 Å². The molecule has 2 heteroatoms. The van der Waals surface area contributed by atoms with Crippen LogP contribution in [-0.4, -0.2) is 43.1 Å². The van der Waals surface area contributed by atoms with Gasteiger partial charge in [0.25, 0.3) is 0 Å². The van der Waals surface area contributed by atoms with E-state index >= 15 is 0 Å². The molecule has 0 saturated carbocycles. The van der Waals surface area contributed by atoms with Crippen LogP contribution < -0.4 is 0 Å². The number of hydrogen-bond donors (Lipinski definition) is 0. The van der Waals surface area contributed by atoms with E-state index in [1.54, 1.807) is 0 Å². The van der Waals surface area contributed by atoms with Crippen molar-refractivity contribution in [3.05, 3.63) is 0 Å². The highest BCUT2D eigenvalue weighted by atomic mass is 31.2. The molecule has 0 aromatic carbocycles. The molecule has 0 heterocycles. The summed E-state index contributed by atoms with van der Waals surface area (Å²) in [6.07, 6.45) is 1.49. The lowest BCUT2D eigenvalue weighted by molar-refractivity contribution is 0.971. The number of rotatable bonds is 5. The third-order valence-electron chi connectivity index (χ3n) is 3.12. The molecule has 0 rings (SSSR count). The van der Waals surface area contributed by atoms with Crippen LogP contribution in [0.1, 0.15) is 34.6 Å². The van der Waals surface area contributed by atoms with Crippen LogP contribution in [0.4, 0.5) is 0 Å². The fraction of sp³-hybridized carbons (Fsp3) is 1.00. The van der Waals surface area contributed by atoms with Crippen molar-refractivity contribution in [3.8, 4) is 0 Å². The van der Waals surface area contributed by atoms with Crippen LogP contribution in [0, 0.1) is 0 Å². The van der Waals surface area contributed by atoms with E-state index in [1.165, 1.54) is 6.16 Å². The third-order valence-corrected chi connectivity index (χ3v) is 9.86. The van der Waals surface area contributed by atoms with E-state index in [9.17, 15) is 0 Å². The quantitative estimate of drug-likeness (QED) is 0.612. The lowest BCUT2D eigenvalue weighted by Crippen LogP contribution is -2.17. The molecule has 0 N–H and O–H groups in total. The number of hydrogen-bond acceptors (Lipinski definition) is 0. The molecule has 1 unspecified atom stereocenters. The smallest absolute Gasteiger partial charge is 0.0700 e. The van der Waals surface area contributed by atoms with Gasteiger partial charge in [-0.05, 0) is 18.2 Å². The van der Waals surface area contributed by atoms with E-state index < -0.39 is 7.26 Å². The normalized spacial score (nSPS) is 15.6. The predicted molar refractivity (Wildman–Crippen MR) is 76.2 cm³/mol. The SMILES string of the molecule is CC(C)P(CC(C)[P+](C)(C)C)C(C)C. The zero-order valence-electron chi connectivity index (χ0n) is 11.3. The molecule has 0 aromatic rings. The van der Waals surface area contributed by atoms with Gasteiger partial charge >= 0.3 is 0 Å². The second-order valence-corrected chi connectivity index (χ2v) is 14.4. The summed E-state index contributed by atoms with van der Waals surface area (Å²) in [5.41, 5.74) is 2.76. The first-order valence-corrected chi connectivity index (χ1v) is 10.6. The summed E-state index contributed by atoms with van der Waals surface area (Å²) in [7, 11) is -0.378.